The summed E-state index contributed by atoms with van der Waals surface area (Å²) in [5, 5.41) is 4.23. The Hall–Kier alpha value is -3.23. The highest BCUT2D eigenvalue weighted by atomic mass is 32.1. The lowest BCUT2D eigenvalue weighted by atomic mass is 10.1. The molecule has 1 N–H and O–H groups in total. The first kappa shape index (κ1) is 19.7. The lowest BCUT2D eigenvalue weighted by Gasteiger charge is -2.19. The van der Waals surface area contributed by atoms with E-state index in [1.165, 1.54) is 0 Å². The number of hydrogen-bond donors (Lipinski definition) is 1. The molecule has 1 fully saturated rings. The van der Waals surface area contributed by atoms with Gasteiger partial charge in [0.1, 0.15) is 5.75 Å². The minimum Gasteiger partial charge on any atom is -0.436 e. The molecule has 31 heavy (non-hydrogen) atoms. The van der Waals surface area contributed by atoms with Gasteiger partial charge in [-0.25, -0.2) is 15.0 Å². The molecule has 0 spiro atoms. The summed E-state index contributed by atoms with van der Waals surface area (Å²) in [7, 11) is 1.74. The van der Waals surface area contributed by atoms with Crippen LogP contribution < -0.4 is 15.0 Å². The van der Waals surface area contributed by atoms with E-state index in [1.807, 2.05) is 42.5 Å². The lowest BCUT2D eigenvalue weighted by Crippen LogP contribution is -2.22. The maximum Gasteiger partial charge on any atom is 0.263 e. The molecule has 1 saturated heterocycles. The van der Waals surface area contributed by atoms with Crippen LogP contribution in [0, 0.1) is 5.92 Å². The highest BCUT2D eigenvalue weighted by Gasteiger charge is 2.26. The number of nitrogens with zero attached hydrogens (tertiary/aromatic N) is 4. The predicted molar refractivity (Wildman–Crippen MR) is 124 cm³/mol. The van der Waals surface area contributed by atoms with Gasteiger partial charge in [-0.2, -0.15) is 0 Å². The molecular weight excluding hydrogens is 410 g/mol. The van der Waals surface area contributed by atoms with Crippen molar-refractivity contribution in [1.82, 2.24) is 15.0 Å². The molecule has 3 heterocycles. The summed E-state index contributed by atoms with van der Waals surface area (Å²) in [6.07, 6.45) is 4.44. The number of methoxy groups -OCH3 is 1. The van der Waals surface area contributed by atoms with Crippen LogP contribution >= 0.6 is 11.3 Å². The molecule has 8 heteroatoms. The maximum absolute atomic E-state index is 6.08. The van der Waals surface area contributed by atoms with Gasteiger partial charge >= 0.3 is 0 Å². The van der Waals surface area contributed by atoms with Crippen LogP contribution in [-0.4, -0.2) is 41.8 Å². The first-order valence-electron chi connectivity index (χ1n) is 10.2. The van der Waals surface area contributed by atoms with Crippen molar-refractivity contribution in [3.8, 4) is 11.6 Å². The monoisotopic (exact) mass is 433 g/mol. The lowest BCUT2D eigenvalue weighted by molar-refractivity contribution is 0.161. The molecule has 0 saturated carbocycles. The van der Waals surface area contributed by atoms with E-state index in [0.717, 1.165) is 53.0 Å². The van der Waals surface area contributed by atoms with Gasteiger partial charge in [-0.05, 0) is 42.8 Å². The Labute approximate surface area is 184 Å². The summed E-state index contributed by atoms with van der Waals surface area (Å²) in [6.45, 7) is 2.58. The number of anilines is 3. The van der Waals surface area contributed by atoms with Crippen molar-refractivity contribution in [2.45, 2.75) is 6.42 Å². The predicted octanol–water partition coefficient (Wildman–Crippen LogP) is 5.09. The summed E-state index contributed by atoms with van der Waals surface area (Å²) in [5.74, 6) is 2.52. The smallest absolute Gasteiger partial charge is 0.263 e. The van der Waals surface area contributed by atoms with Gasteiger partial charge < -0.3 is 19.7 Å². The summed E-state index contributed by atoms with van der Waals surface area (Å²) in [5.41, 5.74) is 1.95. The number of hydrogen-bond acceptors (Lipinski definition) is 8. The fraction of sp³-hybridized carbons (Fsp3) is 0.261. The Kier molecular flexibility index (Phi) is 5.64. The van der Waals surface area contributed by atoms with E-state index in [4.69, 9.17) is 9.47 Å². The van der Waals surface area contributed by atoms with Crippen LogP contribution in [-0.2, 0) is 4.74 Å². The summed E-state index contributed by atoms with van der Waals surface area (Å²) >= 11 is 1.63. The average molecular weight is 434 g/mol. The van der Waals surface area contributed by atoms with Gasteiger partial charge in [0.25, 0.3) is 5.88 Å². The second-order valence-corrected chi connectivity index (χ2v) is 8.51. The number of benzene rings is 2. The quantitative estimate of drug-likeness (QED) is 0.435. The second kappa shape index (κ2) is 8.87. The highest BCUT2D eigenvalue weighted by Crippen LogP contribution is 2.33. The van der Waals surface area contributed by atoms with Crippen LogP contribution in [0.5, 0.6) is 11.6 Å². The Morgan fingerprint density at radius 1 is 1.10 bits per heavy atom. The minimum atomic E-state index is 0.507. The average Bonchev–Trinajstić information content (AvgIpc) is 3.42. The van der Waals surface area contributed by atoms with Crippen LogP contribution in [0.25, 0.3) is 10.2 Å². The molecule has 0 radical (unpaired) electrons. The van der Waals surface area contributed by atoms with Gasteiger partial charge in [-0.1, -0.05) is 23.5 Å². The van der Waals surface area contributed by atoms with Crippen LogP contribution in [0.4, 0.5) is 16.6 Å². The number of nitrogens with one attached hydrogen (secondary N) is 1. The molecule has 0 amide bonds. The number of ether oxygens (including phenoxy) is 2. The largest absolute Gasteiger partial charge is 0.436 e. The van der Waals surface area contributed by atoms with Crippen LogP contribution in [0.3, 0.4) is 0 Å². The molecule has 1 atom stereocenters. The van der Waals surface area contributed by atoms with Gasteiger partial charge in [0, 0.05) is 44.2 Å². The number of fused-ring (bicyclic) bond motifs is 1. The van der Waals surface area contributed by atoms with Crippen molar-refractivity contribution in [2.24, 2.45) is 5.92 Å². The van der Waals surface area contributed by atoms with Crippen LogP contribution in [0.15, 0.2) is 60.9 Å². The Bertz CT molecular complexity index is 1130. The van der Waals surface area contributed by atoms with Gasteiger partial charge in [0.05, 0.1) is 16.8 Å². The van der Waals surface area contributed by atoms with E-state index >= 15 is 0 Å². The molecular formula is C23H23N5O2S. The van der Waals surface area contributed by atoms with Crippen molar-refractivity contribution in [3.63, 3.8) is 0 Å². The molecule has 5 rings (SSSR count). The Morgan fingerprint density at radius 2 is 1.94 bits per heavy atom. The number of rotatable bonds is 7. The molecule has 0 aliphatic carbocycles. The van der Waals surface area contributed by atoms with E-state index in [-0.39, 0.29) is 0 Å². The zero-order valence-corrected chi connectivity index (χ0v) is 18.0. The standard InChI is InChI=1S/C23H23N5O2S/c1-29-15-16-10-13-28(14-16)21-22(25-12-11-24-21)30-18-8-6-17(7-9-18)26-23-27-19-4-2-3-5-20(19)31-23/h2-9,11-12,16H,10,13-15H2,1H3,(H,26,27)/t16-/m0/s1. The van der Waals surface area contributed by atoms with Gasteiger partial charge in [0.2, 0.25) is 0 Å². The third-order valence-electron chi connectivity index (χ3n) is 5.25. The number of aromatic nitrogens is 3. The molecule has 4 aromatic rings. The molecule has 2 aromatic carbocycles. The van der Waals surface area contributed by atoms with Crippen molar-refractivity contribution < 1.29 is 9.47 Å². The fourth-order valence-corrected chi connectivity index (χ4v) is 4.66. The van der Waals surface area contributed by atoms with E-state index in [1.54, 1.807) is 30.8 Å². The van der Waals surface area contributed by atoms with E-state index in [2.05, 4.69) is 31.2 Å². The first-order chi connectivity index (χ1) is 15.3. The molecule has 158 valence electrons. The number of thiazole rings is 1. The Balaban J connectivity index is 1.28. The zero-order chi connectivity index (χ0) is 21.0. The fourth-order valence-electron chi connectivity index (χ4n) is 3.77. The SMILES string of the molecule is COC[C@H]1CCN(c2nccnc2Oc2ccc(Nc3nc4ccccc4s3)cc2)C1. The normalized spacial score (nSPS) is 16.0. The molecule has 1 aliphatic heterocycles. The zero-order valence-electron chi connectivity index (χ0n) is 17.2. The topological polar surface area (TPSA) is 72.4 Å². The second-order valence-electron chi connectivity index (χ2n) is 7.48. The van der Waals surface area contributed by atoms with Gasteiger partial charge in [-0.3, -0.25) is 0 Å². The third-order valence-corrected chi connectivity index (χ3v) is 6.20. The van der Waals surface area contributed by atoms with Crippen LogP contribution in [0.2, 0.25) is 0 Å². The van der Waals surface area contributed by atoms with E-state index in [0.29, 0.717) is 17.5 Å². The summed E-state index contributed by atoms with van der Waals surface area (Å²) in [4.78, 5) is 15.8. The third kappa shape index (κ3) is 4.45. The minimum absolute atomic E-state index is 0.507. The van der Waals surface area contributed by atoms with Gasteiger partial charge in [0.15, 0.2) is 10.9 Å². The van der Waals surface area contributed by atoms with Crippen molar-refractivity contribution >= 4 is 38.2 Å². The number of para-hydroxylation sites is 1. The van der Waals surface area contributed by atoms with Gasteiger partial charge in [-0.15, -0.1) is 0 Å². The van der Waals surface area contributed by atoms with Crippen LogP contribution in [0.1, 0.15) is 6.42 Å². The van der Waals surface area contributed by atoms with E-state index < -0.39 is 0 Å². The van der Waals surface area contributed by atoms with Crippen molar-refractivity contribution in [2.75, 3.05) is 37.0 Å². The summed E-state index contributed by atoms with van der Waals surface area (Å²) in [6, 6.07) is 15.9. The maximum atomic E-state index is 6.08. The molecule has 7 nitrogen and oxygen atoms in total. The molecule has 1 aliphatic rings. The molecule has 0 bridgehead atoms. The molecule has 0 unspecified atom stereocenters. The Morgan fingerprint density at radius 3 is 2.77 bits per heavy atom. The highest BCUT2D eigenvalue weighted by molar-refractivity contribution is 7.22. The molecule has 2 aromatic heterocycles. The van der Waals surface area contributed by atoms with Crippen molar-refractivity contribution in [1.29, 1.82) is 0 Å². The first-order valence-corrected chi connectivity index (χ1v) is 11.1. The summed E-state index contributed by atoms with van der Waals surface area (Å²) < 4.78 is 12.5. The van der Waals surface area contributed by atoms with Crippen molar-refractivity contribution in [3.05, 3.63) is 60.9 Å². The van der Waals surface area contributed by atoms with E-state index in [9.17, 15) is 0 Å².